The zero-order valence-corrected chi connectivity index (χ0v) is 13.7. The first kappa shape index (κ1) is 15.7. The molecule has 1 amide bonds. The van der Waals surface area contributed by atoms with Crippen LogP contribution in [-0.4, -0.2) is 32.0 Å². The van der Waals surface area contributed by atoms with E-state index in [1.165, 1.54) is 11.3 Å². The number of amides is 1. The Morgan fingerprint density at radius 1 is 1.33 bits per heavy atom. The summed E-state index contributed by atoms with van der Waals surface area (Å²) in [6.07, 6.45) is 0. The van der Waals surface area contributed by atoms with E-state index in [4.69, 9.17) is 16.3 Å². The molecule has 0 fully saturated rings. The highest BCUT2D eigenvalue weighted by molar-refractivity contribution is 7.16. The van der Waals surface area contributed by atoms with Gasteiger partial charge in [-0.05, 0) is 30.3 Å². The highest BCUT2D eigenvalue weighted by Gasteiger charge is 2.12. The van der Waals surface area contributed by atoms with Gasteiger partial charge < -0.3 is 15.0 Å². The van der Waals surface area contributed by atoms with Gasteiger partial charge in [0.25, 0.3) is 5.91 Å². The molecule has 4 nitrogen and oxygen atoms in total. The number of hydrogen-bond acceptors (Lipinski definition) is 4. The molecule has 0 radical (unpaired) electrons. The van der Waals surface area contributed by atoms with Crippen LogP contribution in [0.3, 0.4) is 0 Å². The Morgan fingerprint density at radius 2 is 2.10 bits per heavy atom. The van der Waals surface area contributed by atoms with Crippen molar-refractivity contribution >= 4 is 34.5 Å². The molecule has 0 atom stereocenters. The van der Waals surface area contributed by atoms with Crippen LogP contribution >= 0.6 is 22.9 Å². The van der Waals surface area contributed by atoms with E-state index < -0.39 is 0 Å². The Labute approximate surface area is 133 Å². The molecule has 2 rings (SSSR count). The first-order valence-corrected chi connectivity index (χ1v) is 7.58. The normalized spacial score (nSPS) is 10.3. The van der Waals surface area contributed by atoms with Gasteiger partial charge in [-0.25, -0.2) is 0 Å². The van der Waals surface area contributed by atoms with Crippen molar-refractivity contribution in [3.05, 3.63) is 45.1 Å². The number of ether oxygens (including phenoxy) is 1. The third kappa shape index (κ3) is 3.89. The second-order valence-electron chi connectivity index (χ2n) is 4.67. The first-order valence-electron chi connectivity index (χ1n) is 6.39. The second-order valence-corrected chi connectivity index (χ2v) is 6.47. The Hall–Kier alpha value is -1.72. The second kappa shape index (κ2) is 6.83. The Bertz CT molecular complexity index is 640. The summed E-state index contributed by atoms with van der Waals surface area (Å²) in [5.74, 6) is 0.660. The summed E-state index contributed by atoms with van der Waals surface area (Å²) in [7, 11) is 5.07. The molecular weight excluding hydrogens is 308 g/mol. The van der Waals surface area contributed by atoms with Gasteiger partial charge in [0.1, 0.15) is 5.75 Å². The molecule has 0 bridgehead atoms. The van der Waals surface area contributed by atoms with E-state index in [9.17, 15) is 4.79 Å². The lowest BCUT2D eigenvalue weighted by molar-refractivity contribution is 0.0827. The van der Waals surface area contributed by atoms with Crippen LogP contribution < -0.4 is 10.1 Å². The first-order chi connectivity index (χ1) is 10.0. The summed E-state index contributed by atoms with van der Waals surface area (Å²) in [5.41, 5.74) is 1.40. The summed E-state index contributed by atoms with van der Waals surface area (Å²) in [6.45, 7) is 0.632. The molecule has 0 aliphatic rings. The zero-order valence-electron chi connectivity index (χ0n) is 12.1. The van der Waals surface area contributed by atoms with Gasteiger partial charge in [-0.1, -0.05) is 11.6 Å². The quantitative estimate of drug-likeness (QED) is 0.911. The molecule has 0 aliphatic heterocycles. The standard InChI is InChI=1S/C15H17ClN2O2S/c1-18(2)15(19)10-4-6-13(20-3)12(8-10)17-9-11-5-7-14(16)21-11/h4-8,17H,9H2,1-3H3. The molecule has 1 heterocycles. The lowest BCUT2D eigenvalue weighted by Crippen LogP contribution is -2.21. The number of thiophene rings is 1. The third-order valence-corrected chi connectivity index (χ3v) is 4.17. The van der Waals surface area contributed by atoms with Crippen LogP contribution in [0, 0.1) is 0 Å². The molecule has 6 heteroatoms. The van der Waals surface area contributed by atoms with Gasteiger partial charge in [0.15, 0.2) is 0 Å². The van der Waals surface area contributed by atoms with Gasteiger partial charge in [-0.15, -0.1) is 11.3 Å². The molecule has 1 aromatic carbocycles. The number of benzene rings is 1. The molecule has 0 spiro atoms. The van der Waals surface area contributed by atoms with Crippen LogP contribution in [0.2, 0.25) is 4.34 Å². The molecule has 1 N–H and O–H groups in total. The van der Waals surface area contributed by atoms with Gasteiger partial charge in [0.05, 0.1) is 17.1 Å². The maximum atomic E-state index is 12.0. The maximum Gasteiger partial charge on any atom is 0.253 e. The average molecular weight is 325 g/mol. The van der Waals surface area contributed by atoms with E-state index >= 15 is 0 Å². The predicted molar refractivity (Wildman–Crippen MR) is 87.7 cm³/mol. The van der Waals surface area contributed by atoms with Crippen LogP contribution in [0.5, 0.6) is 5.75 Å². The van der Waals surface area contributed by atoms with E-state index in [-0.39, 0.29) is 5.91 Å². The van der Waals surface area contributed by atoms with Crippen molar-refractivity contribution in [1.82, 2.24) is 4.90 Å². The van der Waals surface area contributed by atoms with Gasteiger partial charge in [0, 0.05) is 31.1 Å². The van der Waals surface area contributed by atoms with Crippen molar-refractivity contribution in [2.24, 2.45) is 0 Å². The van der Waals surface area contributed by atoms with Gasteiger partial charge in [-0.2, -0.15) is 0 Å². The van der Waals surface area contributed by atoms with Crippen molar-refractivity contribution in [1.29, 1.82) is 0 Å². The molecule has 0 saturated carbocycles. The van der Waals surface area contributed by atoms with Crippen LogP contribution in [0.4, 0.5) is 5.69 Å². The minimum absolute atomic E-state index is 0.0418. The SMILES string of the molecule is COc1ccc(C(=O)N(C)C)cc1NCc1ccc(Cl)s1. The van der Waals surface area contributed by atoms with E-state index in [0.29, 0.717) is 17.9 Å². The lowest BCUT2D eigenvalue weighted by Gasteiger charge is -2.14. The number of carbonyl (C=O) groups is 1. The number of rotatable bonds is 5. The number of methoxy groups -OCH3 is 1. The maximum absolute atomic E-state index is 12.0. The van der Waals surface area contributed by atoms with E-state index in [1.54, 1.807) is 44.3 Å². The average Bonchev–Trinajstić information content (AvgIpc) is 2.89. The minimum Gasteiger partial charge on any atom is -0.495 e. The molecule has 2 aromatic rings. The van der Waals surface area contributed by atoms with Crippen molar-refractivity contribution in [2.75, 3.05) is 26.5 Å². The summed E-state index contributed by atoms with van der Waals surface area (Å²) < 4.78 is 6.08. The number of nitrogens with one attached hydrogen (secondary N) is 1. The molecule has 112 valence electrons. The smallest absolute Gasteiger partial charge is 0.253 e. The van der Waals surface area contributed by atoms with Crippen molar-refractivity contribution in [3.63, 3.8) is 0 Å². The third-order valence-electron chi connectivity index (χ3n) is 2.93. The number of hydrogen-bond donors (Lipinski definition) is 1. The number of nitrogens with zero attached hydrogens (tertiary/aromatic N) is 1. The number of anilines is 1. The van der Waals surface area contributed by atoms with Crippen molar-refractivity contribution in [3.8, 4) is 5.75 Å². The predicted octanol–water partition coefficient (Wildman–Crippen LogP) is 3.72. The van der Waals surface area contributed by atoms with Crippen molar-refractivity contribution in [2.45, 2.75) is 6.54 Å². The molecule has 21 heavy (non-hydrogen) atoms. The number of carbonyl (C=O) groups excluding carboxylic acids is 1. The van der Waals surface area contributed by atoms with Crippen LogP contribution in [-0.2, 0) is 6.54 Å². The minimum atomic E-state index is -0.0418. The highest BCUT2D eigenvalue weighted by atomic mass is 35.5. The van der Waals surface area contributed by atoms with E-state index in [2.05, 4.69) is 5.32 Å². The van der Waals surface area contributed by atoms with Crippen molar-refractivity contribution < 1.29 is 9.53 Å². The summed E-state index contributed by atoms with van der Waals surface area (Å²) in [5, 5.41) is 3.28. The molecule has 0 unspecified atom stereocenters. The fraction of sp³-hybridized carbons (Fsp3) is 0.267. The molecule has 0 saturated heterocycles. The van der Waals surface area contributed by atoms with Gasteiger partial charge in [0.2, 0.25) is 0 Å². The summed E-state index contributed by atoms with van der Waals surface area (Å²) in [6, 6.07) is 9.19. The van der Waals surface area contributed by atoms with Gasteiger partial charge >= 0.3 is 0 Å². The zero-order chi connectivity index (χ0) is 15.4. The van der Waals surface area contributed by atoms with E-state index in [1.807, 2.05) is 12.1 Å². The van der Waals surface area contributed by atoms with Gasteiger partial charge in [-0.3, -0.25) is 4.79 Å². The lowest BCUT2D eigenvalue weighted by atomic mass is 10.1. The van der Waals surface area contributed by atoms with Crippen LogP contribution in [0.1, 0.15) is 15.2 Å². The molecule has 1 aromatic heterocycles. The topological polar surface area (TPSA) is 41.6 Å². The Kier molecular flexibility index (Phi) is 5.09. The van der Waals surface area contributed by atoms with E-state index in [0.717, 1.165) is 14.9 Å². The fourth-order valence-electron chi connectivity index (χ4n) is 1.87. The highest BCUT2D eigenvalue weighted by Crippen LogP contribution is 2.28. The monoisotopic (exact) mass is 324 g/mol. The fourth-order valence-corrected chi connectivity index (χ4v) is 2.89. The largest absolute Gasteiger partial charge is 0.495 e. The molecular formula is C15H17ClN2O2S. The summed E-state index contributed by atoms with van der Waals surface area (Å²) in [4.78, 5) is 14.7. The summed E-state index contributed by atoms with van der Waals surface area (Å²) >= 11 is 7.44. The van der Waals surface area contributed by atoms with Crippen LogP contribution in [0.15, 0.2) is 30.3 Å². The Balaban J connectivity index is 2.19. The number of halogens is 1. The molecule has 0 aliphatic carbocycles. The van der Waals surface area contributed by atoms with Crippen LogP contribution in [0.25, 0.3) is 0 Å². The Morgan fingerprint density at radius 3 is 2.67 bits per heavy atom.